The van der Waals surface area contributed by atoms with Crippen molar-refractivity contribution < 1.29 is 22.7 Å². The molecule has 0 spiro atoms. The van der Waals surface area contributed by atoms with E-state index in [1.807, 2.05) is 19.9 Å². The maximum absolute atomic E-state index is 13.4. The van der Waals surface area contributed by atoms with Crippen LogP contribution in [-0.2, 0) is 14.8 Å². The van der Waals surface area contributed by atoms with E-state index in [1.165, 1.54) is 11.4 Å². The third-order valence-electron chi connectivity index (χ3n) is 6.06. The van der Waals surface area contributed by atoms with E-state index < -0.39 is 10.0 Å². The second-order valence-electron chi connectivity index (χ2n) is 8.58. The third-order valence-corrected chi connectivity index (χ3v) is 7.98. The van der Waals surface area contributed by atoms with Crippen molar-refractivity contribution in [1.82, 2.24) is 24.2 Å². The number of carbonyl (C=O) groups excluding carboxylic acids is 1. The number of amides is 1. The summed E-state index contributed by atoms with van der Waals surface area (Å²) in [6.45, 7) is 5.64. The lowest BCUT2D eigenvalue weighted by atomic mass is 10.0. The van der Waals surface area contributed by atoms with Gasteiger partial charge in [0.05, 0.1) is 12.7 Å². The van der Waals surface area contributed by atoms with Crippen LogP contribution in [0.1, 0.15) is 41.1 Å². The molecule has 10 nitrogen and oxygen atoms in total. The fourth-order valence-corrected chi connectivity index (χ4v) is 6.05. The molecular weight excluding hydrogens is 470 g/mol. The van der Waals surface area contributed by atoms with Crippen molar-refractivity contribution in [3.8, 4) is 16.9 Å². The molecule has 1 fully saturated rings. The second kappa shape index (κ2) is 10.3. The number of ether oxygens (including phenoxy) is 2. The lowest BCUT2D eigenvalue weighted by Crippen LogP contribution is -2.28. The molecule has 4 rings (SSSR count). The van der Waals surface area contributed by atoms with Crippen LogP contribution in [0.3, 0.4) is 0 Å². The second-order valence-corrected chi connectivity index (χ2v) is 10.5. The largest absolute Gasteiger partial charge is 0.495 e. The molecule has 1 saturated heterocycles. The van der Waals surface area contributed by atoms with E-state index in [9.17, 15) is 13.2 Å². The number of fused-ring (bicyclic) bond motifs is 1. The van der Waals surface area contributed by atoms with Crippen molar-refractivity contribution in [3.05, 3.63) is 41.3 Å². The monoisotopic (exact) mass is 501 g/mol. The van der Waals surface area contributed by atoms with Crippen LogP contribution in [-0.4, -0.2) is 73.7 Å². The van der Waals surface area contributed by atoms with Crippen LogP contribution in [0.15, 0.2) is 29.2 Å². The van der Waals surface area contributed by atoms with Crippen LogP contribution in [0.5, 0.6) is 5.75 Å². The molecule has 2 aromatic heterocycles. The molecule has 0 radical (unpaired) electrons. The molecule has 1 aliphatic heterocycles. The molecular formula is C24H31N5O5S. The predicted molar refractivity (Wildman–Crippen MR) is 131 cm³/mol. The summed E-state index contributed by atoms with van der Waals surface area (Å²) in [7, 11) is -0.720. The van der Waals surface area contributed by atoms with E-state index >= 15 is 0 Å². The highest BCUT2D eigenvalue weighted by molar-refractivity contribution is 7.89. The maximum Gasteiger partial charge on any atom is 0.272 e. The summed E-state index contributed by atoms with van der Waals surface area (Å²) in [5.41, 5.74) is 3.24. The van der Waals surface area contributed by atoms with Crippen LogP contribution < -0.4 is 10.1 Å². The Balaban J connectivity index is 1.87. The molecule has 35 heavy (non-hydrogen) atoms. The number of methoxy groups -OCH3 is 2. The number of hydrogen-bond acceptors (Lipinski definition) is 7. The summed E-state index contributed by atoms with van der Waals surface area (Å²) < 4.78 is 40.4. The fourth-order valence-electron chi connectivity index (χ4n) is 4.35. The van der Waals surface area contributed by atoms with Crippen molar-refractivity contribution >= 4 is 21.6 Å². The Morgan fingerprint density at radius 3 is 2.57 bits per heavy atom. The van der Waals surface area contributed by atoms with Gasteiger partial charge in [-0.15, -0.1) is 0 Å². The quantitative estimate of drug-likeness (QED) is 0.448. The number of aromatic nitrogens is 3. The van der Waals surface area contributed by atoms with Crippen LogP contribution >= 0.6 is 0 Å². The average molecular weight is 502 g/mol. The predicted octanol–water partition coefficient (Wildman–Crippen LogP) is 2.57. The first-order valence-corrected chi connectivity index (χ1v) is 13.0. The number of aryl methyl sites for hydroxylation is 2. The zero-order chi connectivity index (χ0) is 25.2. The smallest absolute Gasteiger partial charge is 0.272 e. The molecule has 0 aliphatic carbocycles. The zero-order valence-corrected chi connectivity index (χ0v) is 21.3. The van der Waals surface area contributed by atoms with Gasteiger partial charge in [0.25, 0.3) is 5.91 Å². The van der Waals surface area contributed by atoms with Gasteiger partial charge in [-0.05, 0) is 56.9 Å². The standard InChI is InChI=1S/C24H31N5O5S/c1-16-14-17(2)29-23(26-16)21(22(27-29)24(30)25-10-7-13-33-3)18-8-9-19(34-4)20(15-18)35(31,32)28-11-5-6-12-28/h8-9,14-15H,5-7,10-13H2,1-4H3,(H,25,30). The van der Waals surface area contributed by atoms with Crippen LogP contribution in [0, 0.1) is 13.8 Å². The van der Waals surface area contributed by atoms with Gasteiger partial charge >= 0.3 is 0 Å². The summed E-state index contributed by atoms with van der Waals surface area (Å²) in [5.74, 6) is -0.110. The van der Waals surface area contributed by atoms with E-state index in [0.29, 0.717) is 49.4 Å². The highest BCUT2D eigenvalue weighted by atomic mass is 32.2. The van der Waals surface area contributed by atoms with E-state index in [0.717, 1.165) is 24.2 Å². The number of sulfonamides is 1. The lowest BCUT2D eigenvalue weighted by Gasteiger charge is -2.18. The van der Waals surface area contributed by atoms with Gasteiger partial charge in [0.1, 0.15) is 10.6 Å². The van der Waals surface area contributed by atoms with Gasteiger partial charge in [0, 0.05) is 44.7 Å². The molecule has 0 saturated carbocycles. The Hall–Kier alpha value is -3.02. The first-order valence-electron chi connectivity index (χ1n) is 11.6. The number of carbonyl (C=O) groups is 1. The Labute approximate surface area is 205 Å². The van der Waals surface area contributed by atoms with E-state index in [2.05, 4.69) is 15.4 Å². The van der Waals surface area contributed by atoms with Crippen molar-refractivity contribution in [2.45, 2.75) is 38.0 Å². The Morgan fingerprint density at radius 2 is 1.89 bits per heavy atom. The van der Waals surface area contributed by atoms with Gasteiger partial charge in [-0.3, -0.25) is 4.79 Å². The third kappa shape index (κ3) is 4.89. The van der Waals surface area contributed by atoms with Crippen molar-refractivity contribution in [1.29, 1.82) is 0 Å². The maximum atomic E-state index is 13.4. The molecule has 0 atom stereocenters. The van der Waals surface area contributed by atoms with Crippen molar-refractivity contribution in [2.24, 2.45) is 0 Å². The van der Waals surface area contributed by atoms with E-state index in [4.69, 9.17) is 9.47 Å². The molecule has 3 heterocycles. The highest BCUT2D eigenvalue weighted by Gasteiger charge is 2.31. The van der Waals surface area contributed by atoms with E-state index in [-0.39, 0.29) is 22.2 Å². The number of benzene rings is 1. The molecule has 0 unspecified atom stereocenters. The number of hydrogen-bond donors (Lipinski definition) is 1. The minimum Gasteiger partial charge on any atom is -0.495 e. The fraction of sp³-hybridized carbons (Fsp3) is 0.458. The number of rotatable bonds is 9. The van der Waals surface area contributed by atoms with Gasteiger partial charge in [0.15, 0.2) is 11.3 Å². The lowest BCUT2D eigenvalue weighted by molar-refractivity contribution is 0.0944. The minimum atomic E-state index is -3.77. The normalized spacial score (nSPS) is 14.5. The first kappa shape index (κ1) is 25.1. The summed E-state index contributed by atoms with van der Waals surface area (Å²) in [6.07, 6.45) is 2.30. The summed E-state index contributed by atoms with van der Waals surface area (Å²) >= 11 is 0. The average Bonchev–Trinajstić information content (AvgIpc) is 3.50. The summed E-state index contributed by atoms with van der Waals surface area (Å²) in [4.78, 5) is 17.9. The van der Waals surface area contributed by atoms with Crippen molar-refractivity contribution in [3.63, 3.8) is 0 Å². The molecule has 1 aliphatic rings. The van der Waals surface area contributed by atoms with Crippen molar-refractivity contribution in [2.75, 3.05) is 40.5 Å². The molecule has 1 aromatic carbocycles. The SMILES string of the molecule is COCCCNC(=O)c1nn2c(C)cc(C)nc2c1-c1ccc(OC)c(S(=O)(=O)N2CCCC2)c1. The topological polar surface area (TPSA) is 115 Å². The molecule has 1 amide bonds. The zero-order valence-electron chi connectivity index (χ0n) is 20.5. The molecule has 3 aromatic rings. The van der Waals surface area contributed by atoms with E-state index in [1.54, 1.807) is 29.8 Å². The molecule has 0 bridgehead atoms. The van der Waals surface area contributed by atoms with Crippen LogP contribution in [0.4, 0.5) is 0 Å². The highest BCUT2D eigenvalue weighted by Crippen LogP contribution is 2.36. The Bertz CT molecular complexity index is 1350. The molecule has 11 heteroatoms. The number of nitrogens with one attached hydrogen (secondary N) is 1. The summed E-state index contributed by atoms with van der Waals surface area (Å²) in [5, 5.41) is 7.44. The minimum absolute atomic E-state index is 0.0644. The molecule has 1 N–H and O–H groups in total. The Kier molecular flexibility index (Phi) is 7.39. The molecule has 188 valence electrons. The van der Waals surface area contributed by atoms with Gasteiger partial charge in [-0.2, -0.15) is 9.40 Å². The van der Waals surface area contributed by atoms with Gasteiger partial charge in [-0.25, -0.2) is 17.9 Å². The first-order chi connectivity index (χ1) is 16.8. The Morgan fingerprint density at radius 1 is 1.14 bits per heavy atom. The van der Waals surface area contributed by atoms with Crippen LogP contribution in [0.25, 0.3) is 16.8 Å². The summed E-state index contributed by atoms with van der Waals surface area (Å²) in [6, 6.07) is 6.79. The van der Waals surface area contributed by atoms with Gasteiger partial charge < -0.3 is 14.8 Å². The van der Waals surface area contributed by atoms with Gasteiger partial charge in [-0.1, -0.05) is 6.07 Å². The number of nitrogens with zero attached hydrogens (tertiary/aromatic N) is 4. The van der Waals surface area contributed by atoms with Gasteiger partial charge in [0.2, 0.25) is 10.0 Å². The van der Waals surface area contributed by atoms with Crippen LogP contribution in [0.2, 0.25) is 0 Å².